The number of nitrogens with one attached hydrogen (secondary N) is 1. The highest BCUT2D eigenvalue weighted by Crippen LogP contribution is 2.32. The number of ether oxygens (including phenoxy) is 1. The van der Waals surface area contributed by atoms with Crippen LogP contribution in [0.4, 0.5) is 5.13 Å². The number of hydrogen-bond acceptors (Lipinski definition) is 5. The number of Topliss-reactive ketones (excluding diaryl/α,β-unsaturated/α-hetero) is 1. The molecule has 1 aromatic heterocycles. The third kappa shape index (κ3) is 4.70. The van der Waals surface area contributed by atoms with Crippen LogP contribution in [0.15, 0.2) is 41.8 Å². The van der Waals surface area contributed by atoms with E-state index in [1.54, 1.807) is 36.4 Å². The first kappa shape index (κ1) is 20.3. The number of benzene rings is 2. The van der Waals surface area contributed by atoms with E-state index in [4.69, 9.17) is 27.9 Å². The molecule has 0 aliphatic rings. The van der Waals surface area contributed by atoms with Gasteiger partial charge in [-0.25, -0.2) is 4.98 Å². The summed E-state index contributed by atoms with van der Waals surface area (Å²) in [6.45, 7) is 1.48. The molecule has 0 saturated heterocycles. The molecule has 0 radical (unpaired) electrons. The molecule has 5 nitrogen and oxygen atoms in total. The van der Waals surface area contributed by atoms with E-state index in [1.807, 2.05) is 5.38 Å². The van der Waals surface area contributed by atoms with Crippen molar-refractivity contribution in [1.29, 1.82) is 0 Å². The van der Waals surface area contributed by atoms with Crippen LogP contribution in [0.2, 0.25) is 10.0 Å². The lowest BCUT2D eigenvalue weighted by atomic mass is 10.0. The summed E-state index contributed by atoms with van der Waals surface area (Å²) in [5.41, 5.74) is 2.54. The van der Waals surface area contributed by atoms with Gasteiger partial charge >= 0.3 is 0 Å². The summed E-state index contributed by atoms with van der Waals surface area (Å²) >= 11 is 13.4. The van der Waals surface area contributed by atoms with Crippen LogP contribution in [-0.4, -0.2) is 23.8 Å². The molecule has 1 heterocycles. The highest BCUT2D eigenvalue weighted by atomic mass is 35.5. The van der Waals surface area contributed by atoms with Crippen molar-refractivity contribution >= 4 is 51.4 Å². The number of rotatable bonds is 6. The van der Waals surface area contributed by atoms with Crippen LogP contribution in [0, 0.1) is 0 Å². The molecule has 0 fully saturated rings. The number of carbonyl (C=O) groups excluding carboxylic acids is 2. The summed E-state index contributed by atoms with van der Waals surface area (Å²) in [6.07, 6.45) is 0.0565. The number of halogens is 2. The molecular formula is C20H16Cl2N2O3S. The fourth-order valence-corrected chi connectivity index (χ4v) is 3.86. The molecule has 3 rings (SSSR count). The van der Waals surface area contributed by atoms with E-state index < -0.39 is 0 Å². The second-order valence-corrected chi connectivity index (χ2v) is 7.67. The molecule has 1 amide bonds. The zero-order valence-corrected chi connectivity index (χ0v) is 17.4. The summed E-state index contributed by atoms with van der Waals surface area (Å²) < 4.78 is 5.29. The summed E-state index contributed by atoms with van der Waals surface area (Å²) in [5, 5.41) is 6.06. The molecule has 0 bridgehead atoms. The topological polar surface area (TPSA) is 68.3 Å². The summed E-state index contributed by atoms with van der Waals surface area (Å²) in [5.74, 6) is 0.212. The number of methoxy groups -OCH3 is 1. The van der Waals surface area contributed by atoms with Gasteiger partial charge in [-0.1, -0.05) is 23.2 Å². The van der Waals surface area contributed by atoms with Crippen molar-refractivity contribution in [2.24, 2.45) is 0 Å². The lowest BCUT2D eigenvalue weighted by Crippen LogP contribution is -2.15. The second-order valence-electron chi connectivity index (χ2n) is 5.97. The third-order valence-electron chi connectivity index (χ3n) is 4.00. The van der Waals surface area contributed by atoms with Crippen molar-refractivity contribution in [3.63, 3.8) is 0 Å². The Kier molecular flexibility index (Phi) is 6.34. The highest BCUT2D eigenvalue weighted by molar-refractivity contribution is 7.14. The van der Waals surface area contributed by atoms with Gasteiger partial charge in [0.05, 0.1) is 24.2 Å². The van der Waals surface area contributed by atoms with Crippen LogP contribution in [0.5, 0.6) is 5.75 Å². The number of thiazole rings is 1. The number of amides is 1. The van der Waals surface area contributed by atoms with Crippen molar-refractivity contribution in [2.75, 3.05) is 12.4 Å². The molecule has 0 aliphatic heterocycles. The number of anilines is 1. The van der Waals surface area contributed by atoms with Crippen molar-refractivity contribution in [3.8, 4) is 17.0 Å². The summed E-state index contributed by atoms with van der Waals surface area (Å²) in [4.78, 5) is 28.5. The van der Waals surface area contributed by atoms with Crippen LogP contribution in [-0.2, 0) is 11.2 Å². The minimum atomic E-state index is -0.262. The van der Waals surface area contributed by atoms with Crippen molar-refractivity contribution in [3.05, 3.63) is 63.0 Å². The number of carbonyl (C=O) groups is 2. The van der Waals surface area contributed by atoms with Crippen LogP contribution >= 0.6 is 34.5 Å². The Morgan fingerprint density at radius 3 is 2.64 bits per heavy atom. The van der Waals surface area contributed by atoms with Gasteiger partial charge in [0, 0.05) is 27.1 Å². The SMILES string of the molecule is COc1ccc(C(C)=O)cc1CC(=O)Nc1nc(-c2ccc(Cl)cc2Cl)cs1. The predicted molar refractivity (Wildman–Crippen MR) is 113 cm³/mol. The van der Waals surface area contributed by atoms with E-state index >= 15 is 0 Å². The van der Waals surface area contributed by atoms with Gasteiger partial charge in [-0.05, 0) is 43.3 Å². The van der Waals surface area contributed by atoms with Gasteiger partial charge in [-0.3, -0.25) is 9.59 Å². The van der Waals surface area contributed by atoms with Crippen molar-refractivity contribution < 1.29 is 14.3 Å². The van der Waals surface area contributed by atoms with Crippen LogP contribution in [0.1, 0.15) is 22.8 Å². The molecule has 2 aromatic carbocycles. The monoisotopic (exact) mass is 434 g/mol. The largest absolute Gasteiger partial charge is 0.496 e. The van der Waals surface area contributed by atoms with Gasteiger partial charge in [0.2, 0.25) is 5.91 Å². The highest BCUT2D eigenvalue weighted by Gasteiger charge is 2.14. The first-order valence-corrected chi connectivity index (χ1v) is 9.89. The van der Waals surface area contributed by atoms with Crippen LogP contribution in [0.3, 0.4) is 0 Å². The molecule has 0 aliphatic carbocycles. The Bertz CT molecular complexity index is 1050. The minimum Gasteiger partial charge on any atom is -0.496 e. The second kappa shape index (κ2) is 8.73. The van der Waals surface area contributed by atoms with Crippen LogP contribution < -0.4 is 10.1 Å². The molecule has 3 aromatic rings. The Hall–Kier alpha value is -2.41. The lowest BCUT2D eigenvalue weighted by Gasteiger charge is -2.09. The van der Waals surface area contributed by atoms with Gasteiger partial charge in [-0.2, -0.15) is 0 Å². The smallest absolute Gasteiger partial charge is 0.230 e. The molecule has 0 saturated carbocycles. The van der Waals surface area contributed by atoms with E-state index in [2.05, 4.69) is 10.3 Å². The van der Waals surface area contributed by atoms with Crippen molar-refractivity contribution in [1.82, 2.24) is 4.98 Å². The van der Waals surface area contributed by atoms with Gasteiger partial charge in [-0.15, -0.1) is 11.3 Å². The fourth-order valence-electron chi connectivity index (χ4n) is 2.62. The Labute approximate surface area is 176 Å². The number of aromatic nitrogens is 1. The molecule has 28 heavy (non-hydrogen) atoms. The average Bonchev–Trinajstić information content (AvgIpc) is 3.09. The first-order valence-electron chi connectivity index (χ1n) is 8.26. The van der Waals surface area contributed by atoms with E-state index in [9.17, 15) is 9.59 Å². The zero-order valence-electron chi connectivity index (χ0n) is 15.1. The van der Waals surface area contributed by atoms with Gasteiger partial charge < -0.3 is 10.1 Å². The minimum absolute atomic E-state index is 0.0565. The molecule has 144 valence electrons. The Morgan fingerprint density at radius 2 is 1.96 bits per heavy atom. The van der Waals surface area contributed by atoms with Crippen molar-refractivity contribution in [2.45, 2.75) is 13.3 Å². The Balaban J connectivity index is 1.75. The molecule has 0 atom stereocenters. The van der Waals surface area contributed by atoms with Crippen LogP contribution in [0.25, 0.3) is 11.3 Å². The maximum Gasteiger partial charge on any atom is 0.230 e. The first-order chi connectivity index (χ1) is 13.4. The Morgan fingerprint density at radius 1 is 1.18 bits per heavy atom. The zero-order chi connectivity index (χ0) is 20.3. The molecule has 0 spiro atoms. The van der Waals surface area contributed by atoms with E-state index in [1.165, 1.54) is 25.4 Å². The average molecular weight is 435 g/mol. The molecule has 1 N–H and O–H groups in total. The van der Waals surface area contributed by atoms with E-state index in [-0.39, 0.29) is 18.1 Å². The maximum absolute atomic E-state index is 12.5. The standard InChI is InChI=1S/C20H16Cl2N2O3S/c1-11(25)12-3-6-18(27-2)13(7-12)8-19(26)24-20-23-17(10-28-20)15-5-4-14(21)9-16(15)22/h3-7,9-10H,8H2,1-2H3,(H,23,24,26). The number of nitrogens with zero attached hydrogens (tertiary/aromatic N) is 1. The fraction of sp³-hybridized carbons (Fsp3) is 0.150. The molecular weight excluding hydrogens is 419 g/mol. The number of hydrogen-bond donors (Lipinski definition) is 1. The van der Waals surface area contributed by atoms with E-state index in [0.29, 0.717) is 37.7 Å². The normalized spacial score (nSPS) is 10.6. The van der Waals surface area contributed by atoms with Gasteiger partial charge in [0.25, 0.3) is 0 Å². The summed E-state index contributed by atoms with van der Waals surface area (Å²) in [7, 11) is 1.52. The van der Waals surface area contributed by atoms with E-state index in [0.717, 1.165) is 5.56 Å². The summed E-state index contributed by atoms with van der Waals surface area (Å²) in [6, 6.07) is 10.2. The van der Waals surface area contributed by atoms with Gasteiger partial charge in [0.1, 0.15) is 5.75 Å². The molecule has 0 unspecified atom stereocenters. The molecule has 8 heteroatoms. The van der Waals surface area contributed by atoms with Gasteiger partial charge in [0.15, 0.2) is 10.9 Å². The maximum atomic E-state index is 12.5. The third-order valence-corrected chi connectivity index (χ3v) is 5.30. The number of ketones is 1. The quantitative estimate of drug-likeness (QED) is 0.519. The lowest BCUT2D eigenvalue weighted by molar-refractivity contribution is -0.115. The predicted octanol–water partition coefficient (Wildman–Crippen LogP) is 5.51.